The molecule has 1 saturated heterocycles. The van der Waals surface area contributed by atoms with E-state index in [2.05, 4.69) is 12.2 Å². The molecule has 0 aromatic carbocycles. The lowest BCUT2D eigenvalue weighted by Gasteiger charge is -2.10. The highest BCUT2D eigenvalue weighted by atomic mass is 32.2. The van der Waals surface area contributed by atoms with Crippen LogP contribution in [0.1, 0.15) is 51.9 Å². The van der Waals surface area contributed by atoms with Gasteiger partial charge in [-0.05, 0) is 25.8 Å². The van der Waals surface area contributed by atoms with Crippen molar-refractivity contribution >= 4 is 9.84 Å². The van der Waals surface area contributed by atoms with Gasteiger partial charge in [-0.2, -0.15) is 0 Å². The number of unbranched alkanes of at least 4 members (excludes halogenated alkanes) is 4. The molecule has 0 aromatic rings. The van der Waals surface area contributed by atoms with E-state index in [1.165, 1.54) is 32.1 Å². The number of rotatable bonds is 8. The molecule has 1 rings (SSSR count). The third-order valence-electron chi connectivity index (χ3n) is 3.29. The van der Waals surface area contributed by atoms with Crippen molar-refractivity contribution in [2.45, 2.75) is 57.1 Å². The molecule has 1 N–H and O–H groups in total. The molecule has 0 saturated carbocycles. The predicted octanol–water partition coefficient (Wildman–Crippen LogP) is 2.12. The number of sulfone groups is 1. The standard InChI is InChI=1S/C12H25NO2S/c1-2-3-4-5-6-9-13-11-12-8-7-10-16(12,14)15/h12-13H,2-11H2,1H3. The molecule has 4 heteroatoms. The van der Waals surface area contributed by atoms with Crippen LogP contribution in [0.3, 0.4) is 0 Å². The Balaban J connectivity index is 1.99. The zero-order valence-corrected chi connectivity index (χ0v) is 11.2. The molecule has 0 aliphatic carbocycles. The van der Waals surface area contributed by atoms with Crippen LogP contribution in [-0.2, 0) is 9.84 Å². The fourth-order valence-corrected chi connectivity index (χ4v) is 4.00. The van der Waals surface area contributed by atoms with Crippen LogP contribution in [0.15, 0.2) is 0 Å². The molecular formula is C12H25NO2S. The van der Waals surface area contributed by atoms with E-state index in [9.17, 15) is 8.42 Å². The Morgan fingerprint density at radius 3 is 2.56 bits per heavy atom. The smallest absolute Gasteiger partial charge is 0.154 e. The van der Waals surface area contributed by atoms with Crippen molar-refractivity contribution in [2.75, 3.05) is 18.8 Å². The summed E-state index contributed by atoms with van der Waals surface area (Å²) in [5.41, 5.74) is 0. The third-order valence-corrected chi connectivity index (χ3v) is 5.57. The van der Waals surface area contributed by atoms with Gasteiger partial charge >= 0.3 is 0 Å². The SMILES string of the molecule is CCCCCCCNCC1CCCS1(=O)=O. The van der Waals surface area contributed by atoms with E-state index in [1.807, 2.05) is 0 Å². The Morgan fingerprint density at radius 2 is 1.94 bits per heavy atom. The number of hydrogen-bond acceptors (Lipinski definition) is 3. The van der Waals surface area contributed by atoms with Crippen molar-refractivity contribution in [1.29, 1.82) is 0 Å². The molecule has 0 radical (unpaired) electrons. The van der Waals surface area contributed by atoms with Crippen LogP contribution in [0.5, 0.6) is 0 Å². The van der Waals surface area contributed by atoms with Crippen molar-refractivity contribution < 1.29 is 8.42 Å². The van der Waals surface area contributed by atoms with Crippen LogP contribution >= 0.6 is 0 Å². The Hall–Kier alpha value is -0.0900. The molecule has 16 heavy (non-hydrogen) atoms. The third kappa shape index (κ3) is 4.83. The second-order valence-corrected chi connectivity index (χ2v) is 7.15. The van der Waals surface area contributed by atoms with Gasteiger partial charge in [0.05, 0.1) is 11.0 Å². The van der Waals surface area contributed by atoms with Gasteiger partial charge in [0.2, 0.25) is 0 Å². The van der Waals surface area contributed by atoms with Gasteiger partial charge in [0.25, 0.3) is 0 Å². The Kier molecular flexibility index (Phi) is 6.36. The Bertz CT molecular complexity index is 275. The van der Waals surface area contributed by atoms with Crippen molar-refractivity contribution in [3.8, 4) is 0 Å². The maximum absolute atomic E-state index is 11.5. The molecule has 1 unspecified atom stereocenters. The lowest BCUT2D eigenvalue weighted by Crippen LogP contribution is -2.31. The minimum Gasteiger partial charge on any atom is -0.315 e. The van der Waals surface area contributed by atoms with Crippen LogP contribution in [0.25, 0.3) is 0 Å². The molecule has 1 aliphatic rings. The highest BCUT2D eigenvalue weighted by Gasteiger charge is 2.30. The first kappa shape index (κ1) is 14.0. The van der Waals surface area contributed by atoms with E-state index in [4.69, 9.17) is 0 Å². The first-order valence-corrected chi connectivity index (χ1v) is 8.30. The average Bonchev–Trinajstić information content (AvgIpc) is 2.57. The van der Waals surface area contributed by atoms with Crippen molar-refractivity contribution in [1.82, 2.24) is 5.32 Å². The van der Waals surface area contributed by atoms with E-state index in [1.54, 1.807) is 0 Å². The van der Waals surface area contributed by atoms with E-state index < -0.39 is 9.84 Å². The van der Waals surface area contributed by atoms with Gasteiger partial charge in [-0.3, -0.25) is 0 Å². The Morgan fingerprint density at radius 1 is 1.19 bits per heavy atom. The van der Waals surface area contributed by atoms with Crippen LogP contribution < -0.4 is 5.32 Å². The molecule has 1 aliphatic heterocycles. The largest absolute Gasteiger partial charge is 0.315 e. The average molecular weight is 247 g/mol. The topological polar surface area (TPSA) is 46.2 Å². The molecular weight excluding hydrogens is 222 g/mol. The minimum atomic E-state index is -2.75. The van der Waals surface area contributed by atoms with Gasteiger partial charge in [0.1, 0.15) is 0 Å². The van der Waals surface area contributed by atoms with Gasteiger partial charge in [0, 0.05) is 6.54 Å². The first-order valence-electron chi connectivity index (χ1n) is 6.59. The highest BCUT2D eigenvalue weighted by molar-refractivity contribution is 7.92. The molecule has 0 spiro atoms. The summed E-state index contributed by atoms with van der Waals surface area (Å²) in [5.74, 6) is 0.399. The summed E-state index contributed by atoms with van der Waals surface area (Å²) in [6, 6.07) is 0. The van der Waals surface area contributed by atoms with Gasteiger partial charge in [-0.25, -0.2) is 8.42 Å². The Labute approximate surface area is 99.9 Å². The van der Waals surface area contributed by atoms with Crippen LogP contribution in [-0.4, -0.2) is 32.5 Å². The van der Waals surface area contributed by atoms with Gasteiger partial charge in [-0.1, -0.05) is 32.6 Å². The summed E-state index contributed by atoms with van der Waals surface area (Å²) in [7, 11) is -2.75. The molecule has 1 atom stereocenters. The minimum absolute atomic E-state index is 0.108. The van der Waals surface area contributed by atoms with Crippen molar-refractivity contribution in [3.05, 3.63) is 0 Å². The summed E-state index contributed by atoms with van der Waals surface area (Å²) >= 11 is 0. The van der Waals surface area contributed by atoms with E-state index in [0.717, 1.165) is 19.4 Å². The quantitative estimate of drug-likeness (QED) is 0.668. The maximum Gasteiger partial charge on any atom is 0.154 e. The van der Waals surface area contributed by atoms with Crippen LogP contribution in [0.4, 0.5) is 0 Å². The van der Waals surface area contributed by atoms with E-state index >= 15 is 0 Å². The van der Waals surface area contributed by atoms with Crippen molar-refractivity contribution in [2.24, 2.45) is 0 Å². The zero-order valence-electron chi connectivity index (χ0n) is 10.4. The van der Waals surface area contributed by atoms with Gasteiger partial charge < -0.3 is 5.32 Å². The summed E-state index contributed by atoms with van der Waals surface area (Å²) in [6.07, 6.45) is 8.03. The lowest BCUT2D eigenvalue weighted by atomic mass is 10.1. The normalized spacial score (nSPS) is 23.7. The molecule has 0 bridgehead atoms. The number of nitrogens with one attached hydrogen (secondary N) is 1. The molecule has 3 nitrogen and oxygen atoms in total. The highest BCUT2D eigenvalue weighted by Crippen LogP contribution is 2.18. The lowest BCUT2D eigenvalue weighted by molar-refractivity contribution is 0.555. The first-order chi connectivity index (χ1) is 7.67. The van der Waals surface area contributed by atoms with Gasteiger partial charge in [0.15, 0.2) is 9.84 Å². The maximum atomic E-state index is 11.5. The summed E-state index contributed by atoms with van der Waals surface area (Å²) in [4.78, 5) is 0. The van der Waals surface area contributed by atoms with Gasteiger partial charge in [-0.15, -0.1) is 0 Å². The number of hydrogen-bond donors (Lipinski definition) is 1. The van der Waals surface area contributed by atoms with Crippen molar-refractivity contribution in [3.63, 3.8) is 0 Å². The fraction of sp³-hybridized carbons (Fsp3) is 1.00. The summed E-state index contributed by atoms with van der Waals surface area (Å²) in [6.45, 7) is 3.84. The second kappa shape index (κ2) is 7.28. The second-order valence-electron chi connectivity index (χ2n) is 4.75. The fourth-order valence-electron chi connectivity index (χ4n) is 2.20. The molecule has 1 fully saturated rings. The molecule has 0 aromatic heterocycles. The molecule has 96 valence electrons. The molecule has 0 amide bonds. The van der Waals surface area contributed by atoms with Crippen LogP contribution in [0, 0.1) is 0 Å². The van der Waals surface area contributed by atoms with E-state index in [0.29, 0.717) is 12.3 Å². The summed E-state index contributed by atoms with van der Waals surface area (Å²) < 4.78 is 23.1. The monoisotopic (exact) mass is 247 g/mol. The van der Waals surface area contributed by atoms with E-state index in [-0.39, 0.29) is 5.25 Å². The molecule has 1 heterocycles. The summed E-state index contributed by atoms with van der Waals surface area (Å²) in [5, 5.41) is 3.17. The van der Waals surface area contributed by atoms with Crippen LogP contribution in [0.2, 0.25) is 0 Å². The zero-order chi connectivity index (χ0) is 11.9. The predicted molar refractivity (Wildman–Crippen MR) is 68.4 cm³/mol.